The second-order valence-electron chi connectivity index (χ2n) is 10.3. The number of sulfonamides is 1. The number of nitrogens with one attached hydrogen (secondary N) is 1. The number of hydrogen-bond acceptors (Lipinski definition) is 4. The van der Waals surface area contributed by atoms with Crippen LogP contribution in [0.5, 0.6) is 0 Å². The predicted molar refractivity (Wildman–Crippen MR) is 123 cm³/mol. The number of rotatable bonds is 4. The molecule has 0 aliphatic carbocycles. The largest absolute Gasteiger partial charge is 0.307 e. The van der Waals surface area contributed by atoms with Gasteiger partial charge in [-0.1, -0.05) is 27.2 Å². The molecule has 0 spiro atoms. The van der Waals surface area contributed by atoms with Crippen molar-refractivity contribution in [2.45, 2.75) is 76.7 Å². The summed E-state index contributed by atoms with van der Waals surface area (Å²) in [6, 6.07) is 5.27. The molecule has 0 radical (unpaired) electrons. The van der Waals surface area contributed by atoms with Crippen LogP contribution in [0.1, 0.15) is 76.9 Å². The first-order chi connectivity index (χ1) is 14.7. The Labute approximate surface area is 190 Å². The van der Waals surface area contributed by atoms with Gasteiger partial charge < -0.3 is 5.32 Å². The van der Waals surface area contributed by atoms with E-state index < -0.39 is 32.2 Å². The lowest BCUT2D eigenvalue weighted by Gasteiger charge is -2.26. The molecule has 1 aromatic carbocycles. The molecule has 1 aromatic heterocycles. The van der Waals surface area contributed by atoms with Gasteiger partial charge in [-0.2, -0.15) is 9.40 Å². The zero-order chi connectivity index (χ0) is 23.9. The number of carbonyl (C=O) groups excluding carboxylic acids is 1. The molecule has 2 aromatic rings. The normalized spacial score (nSPS) is 16.2. The minimum Gasteiger partial charge on any atom is -0.307 e. The molecule has 3 rings (SSSR count). The lowest BCUT2D eigenvalue weighted by molar-refractivity contribution is 0.102. The SMILES string of the molecule is CC(C)(C)c1cc(NC(=O)c2ccc(F)c(S(=O)(=O)N3CCCCC3)c2)n(C(C)(C)C)n1. The number of benzene rings is 1. The number of aromatic nitrogens is 2. The number of piperidine rings is 1. The third-order valence-electron chi connectivity index (χ3n) is 5.48. The first-order valence-electron chi connectivity index (χ1n) is 10.9. The molecule has 9 heteroatoms. The average Bonchev–Trinajstić information content (AvgIpc) is 3.13. The Hall–Kier alpha value is -2.26. The third-order valence-corrected chi connectivity index (χ3v) is 7.39. The summed E-state index contributed by atoms with van der Waals surface area (Å²) < 4.78 is 43.5. The quantitative estimate of drug-likeness (QED) is 0.722. The van der Waals surface area contributed by atoms with E-state index in [-0.39, 0.29) is 11.0 Å². The number of nitrogens with zero attached hydrogens (tertiary/aromatic N) is 3. The molecule has 0 atom stereocenters. The Morgan fingerprint density at radius 1 is 1.03 bits per heavy atom. The Kier molecular flexibility index (Phi) is 6.55. The van der Waals surface area contributed by atoms with Gasteiger partial charge in [0.1, 0.15) is 16.5 Å². The van der Waals surface area contributed by atoms with Crippen LogP contribution in [0.25, 0.3) is 0 Å². The highest BCUT2D eigenvalue weighted by atomic mass is 32.2. The Morgan fingerprint density at radius 2 is 1.66 bits per heavy atom. The fraction of sp³-hybridized carbons (Fsp3) is 0.565. The van der Waals surface area contributed by atoms with Crippen molar-refractivity contribution in [2.75, 3.05) is 18.4 Å². The number of hydrogen-bond donors (Lipinski definition) is 1. The summed E-state index contributed by atoms with van der Waals surface area (Å²) >= 11 is 0. The van der Waals surface area contributed by atoms with Crippen molar-refractivity contribution in [3.63, 3.8) is 0 Å². The van der Waals surface area contributed by atoms with Crippen molar-refractivity contribution in [3.8, 4) is 0 Å². The molecule has 1 N–H and O–H groups in total. The third kappa shape index (κ3) is 5.04. The van der Waals surface area contributed by atoms with Crippen LogP contribution in [0, 0.1) is 5.82 Å². The molecule has 2 heterocycles. The van der Waals surface area contributed by atoms with Gasteiger partial charge in [0.15, 0.2) is 0 Å². The molecular formula is C23H33FN4O3S. The van der Waals surface area contributed by atoms with E-state index in [1.165, 1.54) is 10.4 Å². The van der Waals surface area contributed by atoms with Gasteiger partial charge in [0.2, 0.25) is 10.0 Å². The summed E-state index contributed by atoms with van der Waals surface area (Å²) in [5.74, 6) is -0.884. The first kappa shape index (κ1) is 24.4. The molecule has 0 bridgehead atoms. The fourth-order valence-electron chi connectivity index (χ4n) is 3.62. The van der Waals surface area contributed by atoms with Gasteiger partial charge in [-0.25, -0.2) is 17.5 Å². The second-order valence-corrected chi connectivity index (χ2v) is 12.2. The fourth-order valence-corrected chi connectivity index (χ4v) is 5.23. The van der Waals surface area contributed by atoms with E-state index in [1.54, 1.807) is 4.68 Å². The van der Waals surface area contributed by atoms with Crippen molar-refractivity contribution < 1.29 is 17.6 Å². The lowest BCUT2D eigenvalue weighted by atomic mass is 9.92. The average molecular weight is 465 g/mol. The highest BCUT2D eigenvalue weighted by molar-refractivity contribution is 7.89. The van der Waals surface area contributed by atoms with E-state index in [2.05, 4.69) is 10.4 Å². The van der Waals surface area contributed by atoms with E-state index in [1.807, 2.05) is 47.6 Å². The number of amides is 1. The van der Waals surface area contributed by atoms with Gasteiger partial charge in [-0.3, -0.25) is 4.79 Å². The van der Waals surface area contributed by atoms with Crippen LogP contribution in [0.15, 0.2) is 29.2 Å². The lowest BCUT2D eigenvalue weighted by Crippen LogP contribution is -2.36. The maximum atomic E-state index is 14.5. The molecule has 7 nitrogen and oxygen atoms in total. The minimum atomic E-state index is -4.01. The monoisotopic (exact) mass is 464 g/mol. The molecule has 32 heavy (non-hydrogen) atoms. The van der Waals surface area contributed by atoms with Gasteiger partial charge in [0.25, 0.3) is 5.91 Å². The molecular weight excluding hydrogens is 431 g/mol. The summed E-state index contributed by atoms with van der Waals surface area (Å²) in [6.45, 7) is 12.7. The Morgan fingerprint density at radius 3 is 2.22 bits per heavy atom. The van der Waals surface area contributed by atoms with Crippen LogP contribution < -0.4 is 5.32 Å². The van der Waals surface area contributed by atoms with Crippen molar-refractivity contribution in [2.24, 2.45) is 0 Å². The van der Waals surface area contributed by atoms with E-state index >= 15 is 0 Å². The van der Waals surface area contributed by atoms with Gasteiger partial charge in [0, 0.05) is 30.1 Å². The van der Waals surface area contributed by atoms with E-state index in [0.717, 1.165) is 37.1 Å². The molecule has 176 valence electrons. The second kappa shape index (κ2) is 8.59. The zero-order valence-corrected chi connectivity index (χ0v) is 20.5. The minimum absolute atomic E-state index is 0.0703. The van der Waals surface area contributed by atoms with Crippen molar-refractivity contribution in [1.82, 2.24) is 14.1 Å². The summed E-state index contributed by atoms with van der Waals surface area (Å²) in [6.07, 6.45) is 2.44. The zero-order valence-electron chi connectivity index (χ0n) is 19.7. The van der Waals surface area contributed by atoms with Crippen LogP contribution in [0.3, 0.4) is 0 Å². The van der Waals surface area contributed by atoms with Gasteiger partial charge in [0.05, 0.1) is 11.2 Å². The Balaban J connectivity index is 1.95. The van der Waals surface area contributed by atoms with Crippen LogP contribution >= 0.6 is 0 Å². The summed E-state index contributed by atoms with van der Waals surface area (Å²) in [5.41, 5.74) is 0.273. The number of carbonyl (C=O) groups is 1. The van der Waals surface area contributed by atoms with Gasteiger partial charge in [-0.15, -0.1) is 0 Å². The van der Waals surface area contributed by atoms with Crippen LogP contribution in [0.4, 0.5) is 10.2 Å². The van der Waals surface area contributed by atoms with Gasteiger partial charge >= 0.3 is 0 Å². The number of anilines is 1. The van der Waals surface area contributed by atoms with Crippen molar-refractivity contribution in [1.29, 1.82) is 0 Å². The summed E-state index contributed by atoms with van der Waals surface area (Å²) in [4.78, 5) is 12.6. The maximum Gasteiger partial charge on any atom is 0.256 e. The standard InChI is InChI=1S/C23H33FN4O3S/c1-22(2,3)19-15-20(28(26-19)23(4,5)6)25-21(29)16-10-11-17(24)18(14-16)32(30,31)27-12-8-7-9-13-27/h10-11,14-15H,7-9,12-13H2,1-6H3,(H,25,29). The maximum absolute atomic E-state index is 14.5. The highest BCUT2D eigenvalue weighted by Crippen LogP contribution is 2.29. The first-order valence-corrected chi connectivity index (χ1v) is 12.4. The van der Waals surface area contributed by atoms with E-state index in [9.17, 15) is 17.6 Å². The van der Waals surface area contributed by atoms with Crippen LogP contribution in [-0.4, -0.2) is 41.5 Å². The Bertz CT molecular complexity index is 1110. The number of halogens is 1. The smallest absolute Gasteiger partial charge is 0.256 e. The van der Waals surface area contributed by atoms with Crippen LogP contribution in [0.2, 0.25) is 0 Å². The molecule has 0 unspecified atom stereocenters. The van der Waals surface area contributed by atoms with Crippen molar-refractivity contribution >= 4 is 21.7 Å². The summed E-state index contributed by atoms with van der Waals surface area (Å²) in [5, 5.41) is 7.51. The molecule has 1 saturated heterocycles. The molecule has 1 amide bonds. The van der Waals surface area contributed by atoms with Gasteiger partial charge in [-0.05, 0) is 51.8 Å². The highest BCUT2D eigenvalue weighted by Gasteiger charge is 2.30. The molecule has 1 aliphatic heterocycles. The molecule has 1 aliphatic rings. The van der Waals surface area contributed by atoms with E-state index in [0.29, 0.717) is 18.9 Å². The van der Waals surface area contributed by atoms with Crippen LogP contribution in [-0.2, 0) is 21.0 Å². The van der Waals surface area contributed by atoms with Crippen molar-refractivity contribution in [3.05, 3.63) is 41.3 Å². The molecule has 1 fully saturated rings. The topological polar surface area (TPSA) is 84.3 Å². The van der Waals surface area contributed by atoms with E-state index in [4.69, 9.17) is 0 Å². The predicted octanol–water partition coefficient (Wildman–Crippen LogP) is 4.50. The molecule has 0 saturated carbocycles. The summed E-state index contributed by atoms with van der Waals surface area (Å²) in [7, 11) is -4.01.